The average Bonchev–Trinajstić information content (AvgIpc) is 2.71. The van der Waals surface area contributed by atoms with Crippen LogP contribution in [0.1, 0.15) is 35.1 Å². The topological polar surface area (TPSA) is 61.7 Å². The molecular weight excluding hydrogens is 226 g/mol. The van der Waals surface area contributed by atoms with Gasteiger partial charge in [-0.25, -0.2) is 0 Å². The molecule has 0 unspecified atom stereocenters. The van der Waals surface area contributed by atoms with Gasteiger partial charge in [0.2, 0.25) is 0 Å². The Morgan fingerprint density at radius 2 is 1.67 bits per heavy atom. The van der Waals surface area contributed by atoms with Gasteiger partial charge in [-0.3, -0.25) is 9.36 Å². The van der Waals surface area contributed by atoms with Crippen LogP contribution in [0.4, 0.5) is 5.82 Å². The first kappa shape index (κ1) is 12.7. The fourth-order valence-corrected chi connectivity index (χ4v) is 2.46. The predicted molar refractivity (Wildman–Crippen MR) is 72.5 cm³/mol. The smallest absolute Gasteiger partial charge is 0.126 e. The zero-order chi connectivity index (χ0) is 13.4. The molecule has 2 aromatic rings. The van der Waals surface area contributed by atoms with Crippen LogP contribution in [-0.4, -0.2) is 19.6 Å². The van der Waals surface area contributed by atoms with Crippen molar-refractivity contribution in [1.82, 2.24) is 19.6 Å². The van der Waals surface area contributed by atoms with Crippen LogP contribution >= 0.6 is 0 Å². The first-order valence-corrected chi connectivity index (χ1v) is 6.26. The van der Waals surface area contributed by atoms with Crippen molar-refractivity contribution in [2.45, 2.75) is 40.7 Å². The highest BCUT2D eigenvalue weighted by molar-refractivity contribution is 5.43. The summed E-state index contributed by atoms with van der Waals surface area (Å²) >= 11 is 0. The van der Waals surface area contributed by atoms with Gasteiger partial charge in [0.05, 0.1) is 17.9 Å². The Bertz CT molecular complexity index is 577. The van der Waals surface area contributed by atoms with Crippen LogP contribution in [0.5, 0.6) is 0 Å². The van der Waals surface area contributed by atoms with Gasteiger partial charge in [0.15, 0.2) is 0 Å². The summed E-state index contributed by atoms with van der Waals surface area (Å²) in [6, 6.07) is 0. The van der Waals surface area contributed by atoms with Crippen molar-refractivity contribution in [1.29, 1.82) is 0 Å². The highest BCUT2D eigenvalue weighted by Gasteiger charge is 2.15. The molecule has 0 radical (unpaired) electrons. The summed E-state index contributed by atoms with van der Waals surface area (Å²) in [7, 11) is 1.87. The van der Waals surface area contributed by atoms with Crippen LogP contribution in [0.15, 0.2) is 0 Å². The van der Waals surface area contributed by atoms with Gasteiger partial charge in [-0.15, -0.1) is 0 Å². The van der Waals surface area contributed by atoms with E-state index in [1.54, 1.807) is 4.68 Å². The lowest BCUT2D eigenvalue weighted by atomic mass is 10.1. The number of rotatable bonds is 3. The van der Waals surface area contributed by atoms with Crippen molar-refractivity contribution in [3.63, 3.8) is 0 Å². The van der Waals surface area contributed by atoms with Crippen molar-refractivity contribution >= 4 is 5.82 Å². The largest absolute Gasteiger partial charge is 0.384 e. The summed E-state index contributed by atoms with van der Waals surface area (Å²) in [5, 5.41) is 8.93. The van der Waals surface area contributed by atoms with Crippen LogP contribution in [-0.2, 0) is 20.0 Å². The van der Waals surface area contributed by atoms with Crippen molar-refractivity contribution in [3.8, 4) is 0 Å². The van der Waals surface area contributed by atoms with Crippen LogP contribution < -0.4 is 5.73 Å². The number of hydrogen-bond donors (Lipinski definition) is 1. The van der Waals surface area contributed by atoms with E-state index in [1.165, 1.54) is 11.3 Å². The summed E-state index contributed by atoms with van der Waals surface area (Å²) in [5.74, 6) is 0.720. The molecule has 0 saturated carbocycles. The van der Waals surface area contributed by atoms with Crippen LogP contribution in [0, 0.1) is 20.8 Å². The maximum atomic E-state index is 6.04. The number of nitrogens with zero attached hydrogens (tertiary/aromatic N) is 4. The lowest BCUT2D eigenvalue weighted by Gasteiger charge is -2.05. The van der Waals surface area contributed by atoms with Gasteiger partial charge in [0.25, 0.3) is 0 Å². The normalized spacial score (nSPS) is 11.2. The number of nitrogen functional groups attached to an aromatic ring is 1. The lowest BCUT2D eigenvalue weighted by molar-refractivity contribution is 0.657. The maximum Gasteiger partial charge on any atom is 0.126 e. The molecule has 2 heterocycles. The average molecular weight is 247 g/mol. The highest BCUT2D eigenvalue weighted by atomic mass is 15.3. The highest BCUT2D eigenvalue weighted by Crippen LogP contribution is 2.20. The third kappa shape index (κ3) is 1.89. The van der Waals surface area contributed by atoms with E-state index in [0.29, 0.717) is 6.54 Å². The third-order valence-corrected chi connectivity index (χ3v) is 3.59. The molecule has 0 aliphatic carbocycles. The van der Waals surface area contributed by atoms with Crippen LogP contribution in [0.2, 0.25) is 0 Å². The molecule has 0 aliphatic rings. The second-order valence-corrected chi connectivity index (χ2v) is 4.73. The molecule has 2 N–H and O–H groups in total. The molecule has 0 fully saturated rings. The maximum absolute atomic E-state index is 6.04. The van der Waals surface area contributed by atoms with E-state index in [4.69, 9.17) is 5.73 Å². The Hall–Kier alpha value is -1.78. The van der Waals surface area contributed by atoms with E-state index in [0.717, 1.165) is 29.2 Å². The molecular formula is C13H21N5. The second-order valence-electron chi connectivity index (χ2n) is 4.73. The van der Waals surface area contributed by atoms with E-state index in [2.05, 4.69) is 31.0 Å². The molecule has 0 aromatic carbocycles. The first-order valence-electron chi connectivity index (χ1n) is 6.26. The Kier molecular flexibility index (Phi) is 3.15. The minimum atomic E-state index is 0.693. The second kappa shape index (κ2) is 4.48. The molecule has 0 aliphatic heterocycles. The molecule has 0 saturated heterocycles. The van der Waals surface area contributed by atoms with Crippen molar-refractivity contribution in [2.24, 2.45) is 7.05 Å². The predicted octanol–water partition coefficient (Wildman–Crippen LogP) is 1.73. The van der Waals surface area contributed by atoms with Gasteiger partial charge in [-0.05, 0) is 32.8 Å². The van der Waals surface area contributed by atoms with Gasteiger partial charge in [-0.2, -0.15) is 10.2 Å². The third-order valence-electron chi connectivity index (χ3n) is 3.59. The van der Waals surface area contributed by atoms with E-state index >= 15 is 0 Å². The SMILES string of the molecule is CCc1c(C)nn(Cc2c(C)nn(C)c2N)c1C. The fourth-order valence-electron chi connectivity index (χ4n) is 2.46. The number of hydrogen-bond acceptors (Lipinski definition) is 3. The van der Waals surface area contributed by atoms with Crippen molar-refractivity contribution < 1.29 is 0 Å². The van der Waals surface area contributed by atoms with Crippen molar-refractivity contribution in [3.05, 3.63) is 28.2 Å². The van der Waals surface area contributed by atoms with Gasteiger partial charge < -0.3 is 5.73 Å². The molecule has 0 atom stereocenters. The van der Waals surface area contributed by atoms with E-state index in [-0.39, 0.29) is 0 Å². The molecule has 0 amide bonds. The summed E-state index contributed by atoms with van der Waals surface area (Å²) in [4.78, 5) is 0. The summed E-state index contributed by atoms with van der Waals surface area (Å²) in [6.45, 7) is 9.00. The molecule has 0 bridgehead atoms. The van der Waals surface area contributed by atoms with Gasteiger partial charge in [-0.1, -0.05) is 6.92 Å². The zero-order valence-electron chi connectivity index (χ0n) is 11.8. The number of aromatic nitrogens is 4. The monoisotopic (exact) mass is 247 g/mol. The number of anilines is 1. The zero-order valence-corrected chi connectivity index (χ0v) is 11.8. The van der Waals surface area contributed by atoms with E-state index in [1.807, 2.05) is 18.7 Å². The Morgan fingerprint density at radius 3 is 2.11 bits per heavy atom. The first-order chi connectivity index (χ1) is 8.45. The molecule has 0 spiro atoms. The van der Waals surface area contributed by atoms with Gasteiger partial charge in [0, 0.05) is 18.3 Å². The molecule has 2 aromatic heterocycles. The Morgan fingerprint density at radius 1 is 1.06 bits per heavy atom. The quantitative estimate of drug-likeness (QED) is 0.898. The molecule has 5 nitrogen and oxygen atoms in total. The molecule has 5 heteroatoms. The van der Waals surface area contributed by atoms with Crippen LogP contribution in [0.3, 0.4) is 0 Å². The Labute approximate surface area is 108 Å². The van der Waals surface area contributed by atoms with E-state index in [9.17, 15) is 0 Å². The summed E-state index contributed by atoms with van der Waals surface area (Å²) in [6.07, 6.45) is 1.01. The Balaban J connectivity index is 2.40. The number of nitrogens with two attached hydrogens (primary N) is 1. The molecule has 18 heavy (non-hydrogen) atoms. The summed E-state index contributed by atoms with van der Waals surface area (Å²) in [5.41, 5.74) is 11.7. The van der Waals surface area contributed by atoms with Gasteiger partial charge >= 0.3 is 0 Å². The number of aryl methyl sites for hydroxylation is 3. The minimum Gasteiger partial charge on any atom is -0.384 e. The molecule has 2 rings (SSSR count). The molecule has 98 valence electrons. The van der Waals surface area contributed by atoms with Crippen molar-refractivity contribution in [2.75, 3.05) is 5.73 Å². The minimum absolute atomic E-state index is 0.693. The van der Waals surface area contributed by atoms with E-state index < -0.39 is 0 Å². The standard InChI is InChI=1S/C13H21N5/c1-6-11-8(2)16-18(10(11)4)7-12-9(3)15-17(5)13(12)14/h6-7,14H2,1-5H3. The van der Waals surface area contributed by atoms with Gasteiger partial charge in [0.1, 0.15) is 5.82 Å². The summed E-state index contributed by atoms with van der Waals surface area (Å²) < 4.78 is 3.74. The van der Waals surface area contributed by atoms with Crippen LogP contribution in [0.25, 0.3) is 0 Å². The lowest BCUT2D eigenvalue weighted by Crippen LogP contribution is -2.07. The fraction of sp³-hybridized carbons (Fsp3) is 0.538.